The van der Waals surface area contributed by atoms with E-state index in [1.165, 1.54) is 6.07 Å². The van der Waals surface area contributed by atoms with Gasteiger partial charge in [-0.05, 0) is 29.8 Å². The zero-order valence-corrected chi connectivity index (χ0v) is 22.1. The number of nitrogens with one attached hydrogen (secondary N) is 3. The third-order valence-electron chi connectivity index (χ3n) is 4.68. The van der Waals surface area contributed by atoms with E-state index in [4.69, 9.17) is 27.2 Å². The predicted molar refractivity (Wildman–Crippen MR) is 136 cm³/mol. The zero-order chi connectivity index (χ0) is 27.1. The first-order chi connectivity index (χ1) is 16.7. The summed E-state index contributed by atoms with van der Waals surface area (Å²) in [5.74, 6) is 0.306. The van der Waals surface area contributed by atoms with Gasteiger partial charge in [-0.2, -0.15) is 4.72 Å². The fourth-order valence-electron chi connectivity index (χ4n) is 2.95. The highest BCUT2D eigenvalue weighted by atomic mass is 35.5. The summed E-state index contributed by atoms with van der Waals surface area (Å²) < 4.78 is 53.3. The number of halogens is 1. The van der Waals surface area contributed by atoms with Crippen molar-refractivity contribution in [1.82, 2.24) is 10.0 Å². The highest BCUT2D eigenvalue weighted by Crippen LogP contribution is 2.32. The molecular formula is C21H30ClN5O7S2. The molecule has 1 aliphatic heterocycles. The van der Waals surface area contributed by atoms with E-state index in [1.54, 1.807) is 24.3 Å². The van der Waals surface area contributed by atoms with Gasteiger partial charge in [0, 0.05) is 12.6 Å². The summed E-state index contributed by atoms with van der Waals surface area (Å²) in [6.07, 6.45) is -0.325. The van der Waals surface area contributed by atoms with Crippen molar-refractivity contribution in [1.29, 1.82) is 0 Å². The first-order valence-corrected chi connectivity index (χ1v) is 14.1. The number of fused-ring (bicyclic) bond motifs is 1. The number of primary sulfonamides is 1. The molecule has 0 bridgehead atoms. The Morgan fingerprint density at radius 2 is 1.89 bits per heavy atom. The van der Waals surface area contributed by atoms with Gasteiger partial charge in [-0.15, -0.1) is 0 Å². The van der Waals surface area contributed by atoms with Crippen LogP contribution in [0.25, 0.3) is 0 Å². The van der Waals surface area contributed by atoms with Gasteiger partial charge in [-0.3, -0.25) is 4.79 Å². The van der Waals surface area contributed by atoms with Crippen molar-refractivity contribution in [2.45, 2.75) is 42.2 Å². The fraction of sp³-hybridized carbons (Fsp3) is 0.381. The SMILES string of the molecule is CC(C)NCC(O)COc1ccc(CC(N)=O)cc1.NS(=O)(=O)c1cc2c(cc1Cl)NCNS2(=O)=O. The Hall–Kier alpha value is -2.46. The molecule has 2 aromatic rings. The predicted octanol–water partition coefficient (Wildman–Crippen LogP) is 0.101. The van der Waals surface area contributed by atoms with Crippen molar-refractivity contribution >= 4 is 43.2 Å². The first-order valence-electron chi connectivity index (χ1n) is 10.7. The molecule has 36 heavy (non-hydrogen) atoms. The van der Waals surface area contributed by atoms with Gasteiger partial charge in [0.2, 0.25) is 26.0 Å². The second-order valence-corrected chi connectivity index (χ2v) is 11.8. The maximum absolute atomic E-state index is 11.6. The molecule has 0 spiro atoms. The molecule has 8 N–H and O–H groups in total. The molecule has 1 amide bonds. The van der Waals surface area contributed by atoms with E-state index < -0.39 is 31.0 Å². The van der Waals surface area contributed by atoms with Gasteiger partial charge in [0.15, 0.2) is 0 Å². The molecule has 2 aromatic carbocycles. The van der Waals surface area contributed by atoms with Gasteiger partial charge in [0.25, 0.3) is 0 Å². The van der Waals surface area contributed by atoms with Crippen LogP contribution in [-0.4, -0.2) is 59.8 Å². The molecule has 200 valence electrons. The van der Waals surface area contributed by atoms with Crippen LogP contribution in [0.3, 0.4) is 0 Å². The number of primary amides is 1. The van der Waals surface area contributed by atoms with Crippen LogP contribution < -0.4 is 31.0 Å². The monoisotopic (exact) mass is 563 g/mol. The Morgan fingerprint density at radius 1 is 1.25 bits per heavy atom. The maximum atomic E-state index is 11.6. The van der Waals surface area contributed by atoms with E-state index in [1.807, 2.05) is 13.8 Å². The van der Waals surface area contributed by atoms with E-state index in [0.29, 0.717) is 18.3 Å². The van der Waals surface area contributed by atoms with E-state index in [9.17, 15) is 26.7 Å². The summed E-state index contributed by atoms with van der Waals surface area (Å²) in [5.41, 5.74) is 6.19. The number of aliphatic hydroxyl groups is 1. The van der Waals surface area contributed by atoms with E-state index >= 15 is 0 Å². The topological polar surface area (TPSA) is 203 Å². The summed E-state index contributed by atoms with van der Waals surface area (Å²) in [6, 6.07) is 9.60. The van der Waals surface area contributed by atoms with Gasteiger partial charge in [-0.1, -0.05) is 37.6 Å². The average Bonchev–Trinajstić information content (AvgIpc) is 2.76. The molecule has 3 rings (SSSR count). The van der Waals surface area contributed by atoms with Crippen molar-refractivity contribution < 1.29 is 31.5 Å². The van der Waals surface area contributed by atoms with Crippen LogP contribution in [0.2, 0.25) is 5.02 Å². The van der Waals surface area contributed by atoms with Crippen molar-refractivity contribution in [3.05, 3.63) is 47.0 Å². The summed E-state index contributed by atoms with van der Waals surface area (Å²) >= 11 is 5.72. The number of sulfonamides is 2. The molecule has 12 nitrogen and oxygen atoms in total. The number of aliphatic hydroxyl groups excluding tert-OH is 1. The normalized spacial score (nSPS) is 15.2. The van der Waals surface area contributed by atoms with Gasteiger partial charge in [0.1, 0.15) is 28.3 Å². The number of ether oxygens (including phenoxy) is 1. The number of anilines is 1. The smallest absolute Gasteiger partial charge is 0.244 e. The summed E-state index contributed by atoms with van der Waals surface area (Å²) in [4.78, 5) is 10.1. The highest BCUT2D eigenvalue weighted by molar-refractivity contribution is 7.90. The second-order valence-electron chi connectivity index (χ2n) is 8.14. The highest BCUT2D eigenvalue weighted by Gasteiger charge is 2.27. The molecule has 1 atom stereocenters. The van der Waals surface area contributed by atoms with Crippen molar-refractivity contribution in [2.75, 3.05) is 25.1 Å². The van der Waals surface area contributed by atoms with Crippen LogP contribution in [0, 0.1) is 0 Å². The number of nitrogens with two attached hydrogens (primary N) is 2. The molecule has 1 unspecified atom stereocenters. The minimum absolute atomic E-state index is 0.0143. The molecule has 1 aliphatic rings. The van der Waals surface area contributed by atoms with Crippen LogP contribution >= 0.6 is 11.6 Å². The van der Waals surface area contributed by atoms with E-state index in [-0.39, 0.29) is 41.2 Å². The lowest BCUT2D eigenvalue weighted by Gasteiger charge is -2.20. The van der Waals surface area contributed by atoms with Crippen LogP contribution in [0.4, 0.5) is 5.69 Å². The lowest BCUT2D eigenvalue weighted by molar-refractivity contribution is -0.117. The van der Waals surface area contributed by atoms with Crippen molar-refractivity contribution in [3.8, 4) is 5.75 Å². The number of carbonyl (C=O) groups is 1. The zero-order valence-electron chi connectivity index (χ0n) is 19.7. The van der Waals surface area contributed by atoms with E-state index in [0.717, 1.165) is 11.6 Å². The molecule has 0 fully saturated rings. The first kappa shape index (κ1) is 29.8. The minimum Gasteiger partial charge on any atom is -0.491 e. The molecule has 0 saturated carbocycles. The number of hydrogen-bond donors (Lipinski definition) is 6. The summed E-state index contributed by atoms with van der Waals surface area (Å²) in [6.45, 7) is 4.78. The largest absolute Gasteiger partial charge is 0.491 e. The van der Waals surface area contributed by atoms with Gasteiger partial charge >= 0.3 is 0 Å². The molecule has 0 saturated heterocycles. The molecule has 0 aromatic heterocycles. The van der Waals surface area contributed by atoms with Gasteiger partial charge in [0.05, 0.1) is 23.8 Å². The second kappa shape index (κ2) is 12.7. The lowest BCUT2D eigenvalue weighted by Crippen LogP contribution is -2.35. The standard InChI is InChI=1S/C14H22N2O3.C7H8ClN3O4S2/c1-10(2)16-8-12(17)9-19-13-5-3-11(4-6-13)7-14(15)18;8-4-1-5-7(2-6(4)16(9,12)13)17(14,15)11-3-10-5/h3-6,10,12,16-17H,7-9H2,1-2H3,(H2,15,18);1-2,10-11H,3H2,(H2,9,12,13). The minimum atomic E-state index is -4.07. The Kier molecular flexibility index (Phi) is 10.5. The molecule has 1 heterocycles. The number of amides is 1. The lowest BCUT2D eigenvalue weighted by atomic mass is 10.1. The molecule has 0 aliphatic carbocycles. The average molecular weight is 564 g/mol. The molecule has 15 heteroatoms. The van der Waals surface area contributed by atoms with Gasteiger partial charge < -0.3 is 26.2 Å². The fourth-order valence-corrected chi connectivity index (χ4v) is 5.23. The molecular weight excluding hydrogens is 534 g/mol. The summed E-state index contributed by atoms with van der Waals surface area (Å²) in [7, 11) is -7.80. The van der Waals surface area contributed by atoms with Gasteiger partial charge in [-0.25, -0.2) is 22.0 Å². The number of hydrogen-bond acceptors (Lipinski definition) is 9. The van der Waals surface area contributed by atoms with Crippen LogP contribution in [0.1, 0.15) is 19.4 Å². The van der Waals surface area contributed by atoms with Crippen LogP contribution in [0.15, 0.2) is 46.2 Å². The Morgan fingerprint density at radius 3 is 2.44 bits per heavy atom. The van der Waals surface area contributed by atoms with E-state index in [2.05, 4.69) is 15.4 Å². The molecule has 0 radical (unpaired) electrons. The maximum Gasteiger partial charge on any atom is 0.244 e. The quantitative estimate of drug-likeness (QED) is 0.244. The number of rotatable bonds is 9. The Balaban J connectivity index is 0.000000255. The third kappa shape index (κ3) is 9.20. The number of carbonyl (C=O) groups excluding carboxylic acids is 1. The summed E-state index contributed by atoms with van der Waals surface area (Å²) in [5, 5.41) is 20.3. The Labute approximate surface area is 215 Å². The van der Waals surface area contributed by atoms with Crippen LogP contribution in [-0.2, 0) is 31.3 Å². The van der Waals surface area contributed by atoms with Crippen molar-refractivity contribution in [3.63, 3.8) is 0 Å². The Bertz CT molecular complexity index is 1270. The van der Waals surface area contributed by atoms with Crippen molar-refractivity contribution in [2.24, 2.45) is 10.9 Å². The third-order valence-corrected chi connectivity index (χ3v) is 7.49. The number of benzene rings is 2. The van der Waals surface area contributed by atoms with Crippen LogP contribution in [0.5, 0.6) is 5.75 Å².